The summed E-state index contributed by atoms with van der Waals surface area (Å²) < 4.78 is 28.9. The SMILES string of the molecule is C=CS(=O)(=O)N1CC[C@@H](OC)C1. The van der Waals surface area contributed by atoms with Crippen LogP contribution < -0.4 is 0 Å². The molecule has 0 aliphatic carbocycles. The Kier molecular flexibility index (Phi) is 2.87. The Morgan fingerprint density at radius 2 is 2.33 bits per heavy atom. The zero-order chi connectivity index (χ0) is 9.19. The first kappa shape index (κ1) is 9.70. The quantitative estimate of drug-likeness (QED) is 0.639. The van der Waals surface area contributed by atoms with Crippen LogP contribution >= 0.6 is 0 Å². The van der Waals surface area contributed by atoms with Crippen LogP contribution in [0.25, 0.3) is 0 Å². The van der Waals surface area contributed by atoms with Crippen LogP contribution in [0.5, 0.6) is 0 Å². The molecular weight excluding hydrogens is 178 g/mol. The maximum absolute atomic E-state index is 11.2. The van der Waals surface area contributed by atoms with Gasteiger partial charge in [0.25, 0.3) is 0 Å². The van der Waals surface area contributed by atoms with Gasteiger partial charge in [-0.3, -0.25) is 0 Å². The van der Waals surface area contributed by atoms with E-state index in [9.17, 15) is 8.42 Å². The van der Waals surface area contributed by atoms with Crippen molar-refractivity contribution in [3.63, 3.8) is 0 Å². The molecule has 1 atom stereocenters. The van der Waals surface area contributed by atoms with Crippen LogP contribution in [0.2, 0.25) is 0 Å². The zero-order valence-corrected chi connectivity index (χ0v) is 7.88. The fraction of sp³-hybridized carbons (Fsp3) is 0.714. The van der Waals surface area contributed by atoms with Gasteiger partial charge in [0.1, 0.15) is 0 Å². The molecule has 1 heterocycles. The Labute approximate surface area is 72.9 Å². The molecule has 12 heavy (non-hydrogen) atoms. The normalized spacial score (nSPS) is 25.9. The standard InChI is InChI=1S/C7H13NO3S/c1-3-12(9,10)8-5-4-7(6-8)11-2/h3,7H,1,4-6H2,2H3/t7-/m1/s1. The van der Waals surface area contributed by atoms with Crippen LogP contribution in [0.1, 0.15) is 6.42 Å². The van der Waals surface area contributed by atoms with Crippen molar-refractivity contribution in [3.05, 3.63) is 12.0 Å². The summed E-state index contributed by atoms with van der Waals surface area (Å²) in [5, 5.41) is 0.977. The number of sulfonamides is 1. The number of ether oxygens (including phenoxy) is 1. The number of hydrogen-bond donors (Lipinski definition) is 0. The smallest absolute Gasteiger partial charge is 0.235 e. The average molecular weight is 191 g/mol. The summed E-state index contributed by atoms with van der Waals surface area (Å²) in [7, 11) is -1.63. The summed E-state index contributed by atoms with van der Waals surface area (Å²) in [6.45, 7) is 4.24. The average Bonchev–Trinajstić information content (AvgIpc) is 2.52. The number of rotatable bonds is 3. The minimum Gasteiger partial charge on any atom is -0.380 e. The summed E-state index contributed by atoms with van der Waals surface area (Å²) in [5.41, 5.74) is 0. The third-order valence-corrected chi connectivity index (χ3v) is 3.48. The van der Waals surface area contributed by atoms with E-state index >= 15 is 0 Å². The van der Waals surface area contributed by atoms with Gasteiger partial charge in [-0.2, -0.15) is 4.31 Å². The monoisotopic (exact) mass is 191 g/mol. The third-order valence-electron chi connectivity index (χ3n) is 2.01. The molecule has 0 bridgehead atoms. The molecule has 0 aromatic heterocycles. The minimum absolute atomic E-state index is 0.0414. The second-order valence-electron chi connectivity index (χ2n) is 2.72. The molecule has 0 aromatic rings. The van der Waals surface area contributed by atoms with Crippen molar-refractivity contribution in [2.45, 2.75) is 12.5 Å². The Bertz CT molecular complexity index is 260. The van der Waals surface area contributed by atoms with Crippen molar-refractivity contribution in [2.24, 2.45) is 0 Å². The van der Waals surface area contributed by atoms with E-state index in [0.717, 1.165) is 11.8 Å². The number of hydrogen-bond acceptors (Lipinski definition) is 3. The third kappa shape index (κ3) is 1.85. The van der Waals surface area contributed by atoms with Crippen molar-refractivity contribution in [1.82, 2.24) is 4.31 Å². The van der Waals surface area contributed by atoms with Gasteiger partial charge >= 0.3 is 0 Å². The predicted octanol–water partition coefficient (Wildman–Crippen LogP) is 0.180. The molecule has 1 rings (SSSR count). The van der Waals surface area contributed by atoms with E-state index < -0.39 is 10.0 Å². The van der Waals surface area contributed by atoms with Crippen molar-refractivity contribution >= 4 is 10.0 Å². The highest BCUT2D eigenvalue weighted by Gasteiger charge is 2.29. The summed E-state index contributed by atoms with van der Waals surface area (Å²) in [6.07, 6.45) is 0.809. The molecule has 1 aliphatic heterocycles. The lowest BCUT2D eigenvalue weighted by Gasteiger charge is -2.12. The summed E-state index contributed by atoms with van der Waals surface area (Å²) >= 11 is 0. The van der Waals surface area contributed by atoms with Crippen LogP contribution in [-0.4, -0.2) is 39.0 Å². The Balaban J connectivity index is 2.64. The van der Waals surface area contributed by atoms with Crippen molar-refractivity contribution in [2.75, 3.05) is 20.2 Å². The second kappa shape index (κ2) is 3.55. The molecule has 0 unspecified atom stereocenters. The van der Waals surface area contributed by atoms with Gasteiger partial charge in [-0.05, 0) is 6.42 Å². The van der Waals surface area contributed by atoms with E-state index in [2.05, 4.69) is 6.58 Å². The molecule has 1 fully saturated rings. The first-order valence-corrected chi connectivity index (χ1v) is 5.26. The van der Waals surface area contributed by atoms with Crippen LogP contribution in [0.4, 0.5) is 0 Å². The molecule has 0 saturated carbocycles. The van der Waals surface area contributed by atoms with Gasteiger partial charge in [0.2, 0.25) is 10.0 Å². The molecule has 5 heteroatoms. The van der Waals surface area contributed by atoms with E-state index in [0.29, 0.717) is 13.1 Å². The Morgan fingerprint density at radius 3 is 2.75 bits per heavy atom. The molecule has 0 amide bonds. The van der Waals surface area contributed by atoms with Crippen LogP contribution in [0.3, 0.4) is 0 Å². The molecule has 70 valence electrons. The molecule has 0 N–H and O–H groups in total. The van der Waals surface area contributed by atoms with Gasteiger partial charge in [-0.15, -0.1) is 0 Å². The van der Waals surface area contributed by atoms with Crippen molar-refractivity contribution in [1.29, 1.82) is 0 Å². The van der Waals surface area contributed by atoms with Gasteiger partial charge < -0.3 is 4.74 Å². The maximum Gasteiger partial charge on any atom is 0.235 e. The molecule has 0 aromatic carbocycles. The first-order valence-electron chi connectivity index (χ1n) is 3.75. The molecule has 0 radical (unpaired) electrons. The van der Waals surface area contributed by atoms with E-state index in [-0.39, 0.29) is 6.10 Å². The summed E-state index contributed by atoms with van der Waals surface area (Å²) in [4.78, 5) is 0. The van der Waals surface area contributed by atoms with Crippen LogP contribution in [0, 0.1) is 0 Å². The van der Waals surface area contributed by atoms with Gasteiger partial charge in [0, 0.05) is 25.6 Å². The maximum atomic E-state index is 11.2. The van der Waals surface area contributed by atoms with E-state index in [1.165, 1.54) is 4.31 Å². The number of nitrogens with zero attached hydrogens (tertiary/aromatic N) is 1. The van der Waals surface area contributed by atoms with Gasteiger partial charge in [-0.1, -0.05) is 6.58 Å². The highest BCUT2D eigenvalue weighted by molar-refractivity contribution is 7.92. The lowest BCUT2D eigenvalue weighted by molar-refractivity contribution is 0.115. The highest BCUT2D eigenvalue weighted by Crippen LogP contribution is 2.16. The molecule has 1 saturated heterocycles. The largest absolute Gasteiger partial charge is 0.380 e. The number of methoxy groups -OCH3 is 1. The van der Waals surface area contributed by atoms with E-state index in [1.54, 1.807) is 7.11 Å². The zero-order valence-electron chi connectivity index (χ0n) is 7.06. The van der Waals surface area contributed by atoms with Gasteiger partial charge in [0.15, 0.2) is 0 Å². The van der Waals surface area contributed by atoms with Crippen LogP contribution in [-0.2, 0) is 14.8 Å². The fourth-order valence-electron chi connectivity index (χ4n) is 1.23. The van der Waals surface area contributed by atoms with Gasteiger partial charge in [0.05, 0.1) is 6.10 Å². The molecule has 0 spiro atoms. The molecular formula is C7H13NO3S. The van der Waals surface area contributed by atoms with E-state index in [4.69, 9.17) is 4.74 Å². The fourth-order valence-corrected chi connectivity index (χ4v) is 2.17. The predicted molar refractivity (Wildman–Crippen MR) is 46.1 cm³/mol. The highest BCUT2D eigenvalue weighted by atomic mass is 32.2. The Hall–Kier alpha value is -0.390. The second-order valence-corrected chi connectivity index (χ2v) is 4.60. The van der Waals surface area contributed by atoms with Crippen LogP contribution in [0.15, 0.2) is 12.0 Å². The van der Waals surface area contributed by atoms with Crippen molar-refractivity contribution < 1.29 is 13.2 Å². The molecule has 1 aliphatic rings. The first-order chi connectivity index (χ1) is 5.60. The van der Waals surface area contributed by atoms with Crippen molar-refractivity contribution in [3.8, 4) is 0 Å². The summed E-state index contributed by atoms with van der Waals surface area (Å²) in [5.74, 6) is 0. The minimum atomic E-state index is -3.22. The molecule has 4 nitrogen and oxygen atoms in total. The topological polar surface area (TPSA) is 46.6 Å². The van der Waals surface area contributed by atoms with E-state index in [1.807, 2.05) is 0 Å². The lowest BCUT2D eigenvalue weighted by Crippen LogP contribution is -2.28. The lowest BCUT2D eigenvalue weighted by atomic mass is 10.3. The van der Waals surface area contributed by atoms with Gasteiger partial charge in [-0.25, -0.2) is 8.42 Å². The Morgan fingerprint density at radius 1 is 1.67 bits per heavy atom. The summed E-state index contributed by atoms with van der Waals surface area (Å²) in [6, 6.07) is 0.